The van der Waals surface area contributed by atoms with Gasteiger partial charge in [-0.1, -0.05) is 30.1 Å². The summed E-state index contributed by atoms with van der Waals surface area (Å²) in [6, 6.07) is 24.7. The molecule has 1 amide bonds. The lowest BCUT2D eigenvalue weighted by Gasteiger charge is -2.17. The van der Waals surface area contributed by atoms with Gasteiger partial charge < -0.3 is 19.5 Å². The van der Waals surface area contributed by atoms with E-state index in [1.165, 1.54) is 6.07 Å². The molecule has 4 aromatic carbocycles. The highest BCUT2D eigenvalue weighted by Crippen LogP contribution is 2.33. The topological polar surface area (TPSA) is 99.6 Å². The lowest BCUT2D eigenvalue weighted by Crippen LogP contribution is -2.32. The van der Waals surface area contributed by atoms with Crippen LogP contribution >= 0.6 is 23.2 Å². The fourth-order valence-corrected chi connectivity index (χ4v) is 4.86. The third-order valence-electron chi connectivity index (χ3n) is 6.73. The Bertz CT molecular complexity index is 1790. The zero-order valence-corrected chi connectivity index (χ0v) is 25.1. The number of fused-ring (bicyclic) bond motifs is 1. The lowest BCUT2D eigenvalue weighted by molar-refractivity contribution is -0.124. The molecular weight excluding hydrogens is 589 g/mol. The average molecular weight is 617 g/mol. The first kappa shape index (κ1) is 29.8. The number of hydrogen-bond donors (Lipinski definition) is 1. The van der Waals surface area contributed by atoms with Crippen molar-refractivity contribution in [3.63, 3.8) is 0 Å². The highest BCUT2D eigenvalue weighted by molar-refractivity contribution is 6.36. The van der Waals surface area contributed by atoms with Crippen LogP contribution in [0.3, 0.4) is 0 Å². The van der Waals surface area contributed by atoms with Crippen LogP contribution in [0.2, 0.25) is 10.0 Å². The molecule has 0 fully saturated rings. The van der Waals surface area contributed by atoms with Crippen LogP contribution in [0.15, 0.2) is 84.9 Å². The number of esters is 1. The zero-order valence-electron chi connectivity index (χ0n) is 23.6. The molecular formula is C33H27Cl2N3O5. The molecule has 10 heteroatoms. The third kappa shape index (κ3) is 6.71. The molecule has 5 aromatic rings. The summed E-state index contributed by atoms with van der Waals surface area (Å²) in [7, 11) is 3.22. The molecule has 43 heavy (non-hydrogen) atoms. The number of aromatic nitrogens is 2. The van der Waals surface area contributed by atoms with Crippen molar-refractivity contribution < 1.29 is 23.8 Å². The van der Waals surface area contributed by atoms with Crippen LogP contribution in [0.1, 0.15) is 23.7 Å². The number of hydrogen-bond acceptors (Lipinski definition) is 7. The van der Waals surface area contributed by atoms with Gasteiger partial charge in [0.2, 0.25) is 0 Å². The molecule has 0 saturated carbocycles. The van der Waals surface area contributed by atoms with Gasteiger partial charge in [0.1, 0.15) is 11.5 Å². The van der Waals surface area contributed by atoms with Gasteiger partial charge in [-0.05, 0) is 91.3 Å². The van der Waals surface area contributed by atoms with Crippen LogP contribution in [0.25, 0.3) is 33.5 Å². The number of halogens is 2. The minimum Gasteiger partial charge on any atom is -0.497 e. The molecule has 0 aliphatic heterocycles. The Morgan fingerprint density at radius 3 is 1.88 bits per heavy atom. The quantitative estimate of drug-likeness (QED) is 0.168. The Morgan fingerprint density at radius 2 is 1.35 bits per heavy atom. The number of ether oxygens (including phenoxy) is 3. The summed E-state index contributed by atoms with van der Waals surface area (Å²) in [6.07, 6.45) is -0.795. The van der Waals surface area contributed by atoms with E-state index in [0.29, 0.717) is 38.9 Å². The van der Waals surface area contributed by atoms with Crippen molar-refractivity contribution in [2.45, 2.75) is 19.4 Å². The van der Waals surface area contributed by atoms with Gasteiger partial charge in [-0.15, -0.1) is 0 Å². The van der Waals surface area contributed by atoms with Gasteiger partial charge in [-0.2, -0.15) is 0 Å². The number of anilines is 1. The van der Waals surface area contributed by atoms with E-state index in [4.69, 9.17) is 47.4 Å². The first-order chi connectivity index (χ1) is 20.8. The highest BCUT2D eigenvalue weighted by Gasteiger charge is 2.24. The highest BCUT2D eigenvalue weighted by atomic mass is 35.5. The SMILES string of the molecule is CCC(OC(=O)c1ccc2nc(-c3ccc(OC)cc3)c(-c3ccc(OC)cc3)nc2c1)C(=O)Nc1ccc(Cl)cc1Cl. The van der Waals surface area contributed by atoms with Crippen molar-refractivity contribution in [3.05, 3.63) is 101 Å². The molecule has 1 N–H and O–H groups in total. The second-order valence-electron chi connectivity index (χ2n) is 9.50. The molecule has 0 aliphatic rings. The van der Waals surface area contributed by atoms with Crippen LogP contribution < -0.4 is 14.8 Å². The Kier molecular flexibility index (Phi) is 9.09. The average Bonchev–Trinajstić information content (AvgIpc) is 3.04. The molecule has 1 heterocycles. The third-order valence-corrected chi connectivity index (χ3v) is 7.28. The molecule has 1 unspecified atom stereocenters. The molecule has 1 atom stereocenters. The van der Waals surface area contributed by atoms with E-state index in [-0.39, 0.29) is 17.0 Å². The Labute approximate surface area is 258 Å². The smallest absolute Gasteiger partial charge is 0.338 e. The number of nitrogens with zero attached hydrogens (tertiary/aromatic N) is 2. The lowest BCUT2D eigenvalue weighted by atomic mass is 10.0. The van der Waals surface area contributed by atoms with E-state index in [1.807, 2.05) is 48.5 Å². The summed E-state index contributed by atoms with van der Waals surface area (Å²) in [5.74, 6) is 0.257. The number of amides is 1. The van der Waals surface area contributed by atoms with Crippen LogP contribution in [-0.4, -0.2) is 42.2 Å². The predicted molar refractivity (Wildman–Crippen MR) is 168 cm³/mol. The Morgan fingerprint density at radius 1 is 0.767 bits per heavy atom. The largest absolute Gasteiger partial charge is 0.497 e. The van der Waals surface area contributed by atoms with Gasteiger partial charge in [-0.25, -0.2) is 14.8 Å². The summed E-state index contributed by atoms with van der Waals surface area (Å²) in [4.78, 5) is 35.9. The molecule has 0 radical (unpaired) electrons. The molecule has 0 aliphatic carbocycles. The van der Waals surface area contributed by atoms with Gasteiger partial charge in [0.15, 0.2) is 6.10 Å². The van der Waals surface area contributed by atoms with Gasteiger partial charge >= 0.3 is 5.97 Å². The van der Waals surface area contributed by atoms with E-state index in [2.05, 4.69) is 5.32 Å². The fraction of sp³-hybridized carbons (Fsp3) is 0.152. The minimum absolute atomic E-state index is 0.232. The predicted octanol–water partition coefficient (Wildman–Crippen LogP) is 7.86. The van der Waals surface area contributed by atoms with E-state index < -0.39 is 18.0 Å². The number of carbonyl (C=O) groups is 2. The molecule has 1 aromatic heterocycles. The van der Waals surface area contributed by atoms with Gasteiger partial charge in [-0.3, -0.25) is 4.79 Å². The summed E-state index contributed by atoms with van der Waals surface area (Å²) in [5.41, 5.74) is 4.63. The number of rotatable bonds is 9. The van der Waals surface area contributed by atoms with Crippen LogP contribution in [0.4, 0.5) is 5.69 Å². The van der Waals surface area contributed by atoms with Crippen molar-refractivity contribution in [2.24, 2.45) is 0 Å². The monoisotopic (exact) mass is 615 g/mol. The van der Waals surface area contributed by atoms with Crippen molar-refractivity contribution in [2.75, 3.05) is 19.5 Å². The van der Waals surface area contributed by atoms with Crippen LogP contribution in [-0.2, 0) is 9.53 Å². The fourth-order valence-electron chi connectivity index (χ4n) is 4.41. The second kappa shape index (κ2) is 13.1. The van der Waals surface area contributed by atoms with Crippen LogP contribution in [0.5, 0.6) is 11.5 Å². The Balaban J connectivity index is 1.46. The molecule has 0 spiro atoms. The standard InChI is InChI=1S/C33H27Cl2N3O5/c1-4-29(32(39)38-26-16-10-22(34)18-25(26)35)43-33(40)21-9-15-27-28(17-21)37-31(20-7-13-24(42-3)14-8-20)30(36-27)19-5-11-23(41-2)12-6-19/h5-18,29H,4H2,1-3H3,(H,38,39). The summed E-state index contributed by atoms with van der Waals surface area (Å²) >= 11 is 12.1. The number of methoxy groups -OCH3 is 2. The number of benzene rings is 4. The summed E-state index contributed by atoms with van der Waals surface area (Å²) in [5, 5.41) is 3.40. The van der Waals surface area contributed by atoms with E-state index in [0.717, 1.165) is 16.9 Å². The maximum absolute atomic E-state index is 13.2. The van der Waals surface area contributed by atoms with Gasteiger partial charge in [0.25, 0.3) is 5.91 Å². The first-order valence-corrected chi connectivity index (χ1v) is 14.1. The van der Waals surface area contributed by atoms with E-state index >= 15 is 0 Å². The van der Waals surface area contributed by atoms with Crippen molar-refractivity contribution in [1.29, 1.82) is 0 Å². The second-order valence-corrected chi connectivity index (χ2v) is 10.3. The van der Waals surface area contributed by atoms with E-state index in [1.54, 1.807) is 51.5 Å². The molecule has 5 rings (SSSR count). The summed E-state index contributed by atoms with van der Waals surface area (Å²) < 4.78 is 16.2. The van der Waals surface area contributed by atoms with Gasteiger partial charge in [0.05, 0.1) is 52.9 Å². The maximum atomic E-state index is 13.2. The molecule has 0 bridgehead atoms. The van der Waals surface area contributed by atoms with E-state index in [9.17, 15) is 9.59 Å². The van der Waals surface area contributed by atoms with Crippen molar-refractivity contribution >= 4 is 51.8 Å². The number of nitrogens with one attached hydrogen (secondary N) is 1. The Hall–Kier alpha value is -4.66. The minimum atomic E-state index is -1.05. The molecule has 8 nitrogen and oxygen atoms in total. The summed E-state index contributed by atoms with van der Waals surface area (Å²) in [6.45, 7) is 1.74. The number of carbonyl (C=O) groups excluding carboxylic acids is 2. The van der Waals surface area contributed by atoms with Crippen molar-refractivity contribution in [1.82, 2.24) is 9.97 Å². The maximum Gasteiger partial charge on any atom is 0.338 e. The van der Waals surface area contributed by atoms with Crippen molar-refractivity contribution in [3.8, 4) is 34.0 Å². The zero-order chi connectivity index (χ0) is 30.5. The molecule has 218 valence electrons. The van der Waals surface area contributed by atoms with Gasteiger partial charge in [0, 0.05) is 16.1 Å². The van der Waals surface area contributed by atoms with Crippen LogP contribution in [0, 0.1) is 0 Å². The normalized spacial score (nSPS) is 11.6. The first-order valence-electron chi connectivity index (χ1n) is 13.4. The molecule has 0 saturated heterocycles.